The summed E-state index contributed by atoms with van der Waals surface area (Å²) in [5.74, 6) is 0.810. The molecule has 0 radical (unpaired) electrons. The van der Waals surface area contributed by atoms with E-state index in [-0.39, 0.29) is 11.7 Å². The molecule has 0 aromatic carbocycles. The van der Waals surface area contributed by atoms with E-state index in [0.29, 0.717) is 26.2 Å². The lowest BCUT2D eigenvalue weighted by Crippen LogP contribution is -2.50. The standard InChI is InChI=1S/C17H18N4O3S/c22-10-6-21(7-10)8-12-11-2-1-3-24-14-13(11)16(17(23)20-12)25-15(14)9-4-18-19-5-9/h4-5,10,22H,1-3,6-8H2,(H,18,19)(H,20,23). The number of β-amino-alcohol motifs (C(OH)–C–C–N with tert-alkyl or cyclic N) is 1. The van der Waals surface area contributed by atoms with E-state index >= 15 is 0 Å². The van der Waals surface area contributed by atoms with Gasteiger partial charge in [0.1, 0.15) is 10.4 Å². The second kappa shape index (κ2) is 5.69. The molecule has 0 aliphatic carbocycles. The van der Waals surface area contributed by atoms with Gasteiger partial charge in [-0.2, -0.15) is 5.10 Å². The van der Waals surface area contributed by atoms with Gasteiger partial charge in [0, 0.05) is 42.5 Å². The Balaban J connectivity index is 1.70. The molecular weight excluding hydrogens is 340 g/mol. The maximum atomic E-state index is 12.7. The molecule has 0 saturated carbocycles. The van der Waals surface area contributed by atoms with E-state index in [1.165, 1.54) is 16.9 Å². The van der Waals surface area contributed by atoms with Gasteiger partial charge in [-0.05, 0) is 18.4 Å². The molecule has 5 heterocycles. The first kappa shape index (κ1) is 15.1. The fourth-order valence-electron chi connectivity index (χ4n) is 3.70. The number of aryl methyl sites for hydroxylation is 1. The fraction of sp³-hybridized carbons (Fsp3) is 0.412. The molecule has 3 aromatic heterocycles. The van der Waals surface area contributed by atoms with E-state index in [1.807, 2.05) is 6.20 Å². The van der Waals surface area contributed by atoms with Gasteiger partial charge in [-0.1, -0.05) is 0 Å². The quantitative estimate of drug-likeness (QED) is 0.659. The van der Waals surface area contributed by atoms with Crippen molar-refractivity contribution in [1.29, 1.82) is 0 Å². The number of aromatic nitrogens is 3. The topological polar surface area (TPSA) is 94.2 Å². The summed E-state index contributed by atoms with van der Waals surface area (Å²) < 4.78 is 6.77. The van der Waals surface area contributed by atoms with Crippen LogP contribution in [0, 0.1) is 0 Å². The SMILES string of the molecule is O=c1[nH]c(CN2CC(O)C2)c2c3c(c(-c4cn[nH]c4)sc13)OCCC2. The Morgan fingerprint density at radius 2 is 2.32 bits per heavy atom. The molecule has 0 atom stereocenters. The van der Waals surface area contributed by atoms with Gasteiger partial charge in [0.25, 0.3) is 5.56 Å². The number of hydrogen-bond donors (Lipinski definition) is 3. The Morgan fingerprint density at radius 1 is 1.44 bits per heavy atom. The van der Waals surface area contributed by atoms with E-state index in [1.54, 1.807) is 6.20 Å². The number of nitrogens with zero attached hydrogens (tertiary/aromatic N) is 2. The molecule has 5 rings (SSSR count). The minimum atomic E-state index is -0.248. The average molecular weight is 358 g/mol. The number of H-pyrrole nitrogens is 2. The van der Waals surface area contributed by atoms with E-state index in [0.717, 1.165) is 44.8 Å². The number of ether oxygens (including phenoxy) is 1. The smallest absolute Gasteiger partial charge is 0.266 e. The summed E-state index contributed by atoms with van der Waals surface area (Å²) >= 11 is 1.46. The van der Waals surface area contributed by atoms with Gasteiger partial charge in [0.15, 0.2) is 0 Å². The molecular formula is C17H18N4O3S. The zero-order chi connectivity index (χ0) is 17.0. The number of rotatable bonds is 3. The van der Waals surface area contributed by atoms with Gasteiger partial charge >= 0.3 is 0 Å². The van der Waals surface area contributed by atoms with Gasteiger partial charge in [-0.15, -0.1) is 11.3 Å². The van der Waals surface area contributed by atoms with Crippen LogP contribution >= 0.6 is 11.3 Å². The largest absolute Gasteiger partial charge is 0.491 e. The molecule has 2 aliphatic rings. The minimum absolute atomic E-state index is 0.0682. The number of aliphatic hydroxyl groups is 1. The normalized spacial score (nSPS) is 18.1. The number of aliphatic hydroxyl groups excluding tert-OH is 1. The highest BCUT2D eigenvalue weighted by molar-refractivity contribution is 7.22. The van der Waals surface area contributed by atoms with Crippen molar-refractivity contribution < 1.29 is 9.84 Å². The number of nitrogens with one attached hydrogen (secondary N) is 2. The third-order valence-corrected chi connectivity index (χ3v) is 6.12. The summed E-state index contributed by atoms with van der Waals surface area (Å²) in [7, 11) is 0. The van der Waals surface area contributed by atoms with Crippen LogP contribution in [0.15, 0.2) is 17.2 Å². The third kappa shape index (κ3) is 2.40. The number of likely N-dealkylation sites (tertiary alicyclic amines) is 1. The molecule has 3 aromatic rings. The lowest BCUT2D eigenvalue weighted by molar-refractivity contribution is -0.00368. The van der Waals surface area contributed by atoms with Crippen LogP contribution in [-0.4, -0.2) is 51.0 Å². The minimum Gasteiger partial charge on any atom is -0.491 e. The predicted octanol–water partition coefficient (Wildman–Crippen LogP) is 1.48. The second-order valence-electron chi connectivity index (χ2n) is 6.66. The third-order valence-electron chi connectivity index (χ3n) is 4.90. The first-order valence-corrected chi connectivity index (χ1v) is 9.25. The van der Waals surface area contributed by atoms with Crippen molar-refractivity contribution in [2.75, 3.05) is 19.7 Å². The van der Waals surface area contributed by atoms with E-state index in [4.69, 9.17) is 4.74 Å². The first-order valence-electron chi connectivity index (χ1n) is 8.43. The van der Waals surface area contributed by atoms with E-state index in [9.17, 15) is 9.90 Å². The van der Waals surface area contributed by atoms with Crippen LogP contribution in [0.3, 0.4) is 0 Å². The zero-order valence-corrected chi connectivity index (χ0v) is 14.4. The molecule has 25 heavy (non-hydrogen) atoms. The van der Waals surface area contributed by atoms with Crippen molar-refractivity contribution in [3.8, 4) is 16.2 Å². The van der Waals surface area contributed by atoms with Crippen molar-refractivity contribution in [2.45, 2.75) is 25.5 Å². The number of thiophene rings is 1. The summed E-state index contributed by atoms with van der Waals surface area (Å²) in [6.07, 6.45) is 5.13. The average Bonchev–Trinajstić information content (AvgIpc) is 3.15. The highest BCUT2D eigenvalue weighted by Gasteiger charge is 2.29. The number of hydrogen-bond acceptors (Lipinski definition) is 6. The zero-order valence-electron chi connectivity index (χ0n) is 13.5. The first-order chi connectivity index (χ1) is 12.2. The summed E-state index contributed by atoms with van der Waals surface area (Å²) in [4.78, 5) is 18.9. The van der Waals surface area contributed by atoms with Crippen LogP contribution in [0.1, 0.15) is 17.7 Å². The molecule has 130 valence electrons. The predicted molar refractivity (Wildman–Crippen MR) is 95.1 cm³/mol. The molecule has 2 aliphatic heterocycles. The molecule has 0 amide bonds. The van der Waals surface area contributed by atoms with Crippen molar-refractivity contribution in [3.05, 3.63) is 34.0 Å². The van der Waals surface area contributed by atoms with Crippen LogP contribution in [0.5, 0.6) is 5.75 Å². The molecule has 0 unspecified atom stereocenters. The molecule has 3 N–H and O–H groups in total. The van der Waals surface area contributed by atoms with Gasteiger partial charge in [-0.25, -0.2) is 0 Å². The Bertz CT molecular complexity index is 986. The highest BCUT2D eigenvalue weighted by Crippen LogP contribution is 2.46. The number of aromatic amines is 2. The van der Waals surface area contributed by atoms with Crippen molar-refractivity contribution >= 4 is 21.4 Å². The highest BCUT2D eigenvalue weighted by atomic mass is 32.1. The molecule has 0 spiro atoms. The van der Waals surface area contributed by atoms with Crippen LogP contribution in [-0.2, 0) is 13.0 Å². The number of pyridine rings is 1. The van der Waals surface area contributed by atoms with Gasteiger partial charge in [0.05, 0.1) is 23.8 Å². The lowest BCUT2D eigenvalue weighted by atomic mass is 10.0. The molecule has 8 heteroatoms. The van der Waals surface area contributed by atoms with Gasteiger partial charge < -0.3 is 14.8 Å². The summed E-state index contributed by atoms with van der Waals surface area (Å²) in [5.41, 5.74) is 3.00. The molecule has 7 nitrogen and oxygen atoms in total. The molecule has 1 fully saturated rings. The van der Waals surface area contributed by atoms with Crippen LogP contribution in [0.2, 0.25) is 0 Å². The van der Waals surface area contributed by atoms with Crippen LogP contribution in [0.25, 0.3) is 20.5 Å². The Kier molecular flexibility index (Phi) is 3.44. The summed E-state index contributed by atoms with van der Waals surface area (Å²) in [5, 5.41) is 17.3. The van der Waals surface area contributed by atoms with Gasteiger partial charge in [0.2, 0.25) is 0 Å². The Morgan fingerprint density at radius 3 is 3.08 bits per heavy atom. The maximum Gasteiger partial charge on any atom is 0.266 e. The van der Waals surface area contributed by atoms with Gasteiger partial charge in [-0.3, -0.25) is 14.8 Å². The monoisotopic (exact) mass is 358 g/mol. The van der Waals surface area contributed by atoms with Crippen molar-refractivity contribution in [2.24, 2.45) is 0 Å². The lowest BCUT2D eigenvalue weighted by Gasteiger charge is -2.36. The summed E-state index contributed by atoms with van der Waals surface area (Å²) in [6.45, 7) is 2.62. The van der Waals surface area contributed by atoms with Crippen molar-refractivity contribution in [1.82, 2.24) is 20.1 Å². The fourth-order valence-corrected chi connectivity index (χ4v) is 4.85. The molecule has 1 saturated heterocycles. The maximum absolute atomic E-state index is 12.7. The second-order valence-corrected chi connectivity index (χ2v) is 7.68. The van der Waals surface area contributed by atoms with E-state index in [2.05, 4.69) is 20.1 Å². The van der Waals surface area contributed by atoms with Crippen LogP contribution in [0.4, 0.5) is 0 Å². The molecule has 0 bridgehead atoms. The van der Waals surface area contributed by atoms with Crippen LogP contribution < -0.4 is 10.3 Å². The Labute approximate surface area is 147 Å². The summed E-state index contributed by atoms with van der Waals surface area (Å²) in [6, 6.07) is 0. The Hall–Kier alpha value is -2.16. The van der Waals surface area contributed by atoms with Crippen molar-refractivity contribution in [3.63, 3.8) is 0 Å². The van der Waals surface area contributed by atoms with E-state index < -0.39 is 0 Å².